The number of imidazole rings is 1. The molecule has 1 aromatic heterocycles. The van der Waals surface area contributed by atoms with Crippen LogP contribution in [0, 0.1) is 5.92 Å². The zero-order chi connectivity index (χ0) is 13.2. The van der Waals surface area contributed by atoms with Gasteiger partial charge in [0.05, 0.1) is 17.5 Å². The van der Waals surface area contributed by atoms with Gasteiger partial charge >= 0.3 is 0 Å². The number of rotatable bonds is 5. The lowest BCUT2D eigenvalue weighted by molar-refractivity contribution is 0.400. The summed E-state index contributed by atoms with van der Waals surface area (Å²) in [6.07, 6.45) is 5.34. The van der Waals surface area contributed by atoms with Crippen LogP contribution in [0.5, 0.6) is 0 Å². The van der Waals surface area contributed by atoms with Crippen LogP contribution in [0.2, 0.25) is 0 Å². The van der Waals surface area contributed by atoms with Gasteiger partial charge in [0.25, 0.3) is 0 Å². The lowest BCUT2D eigenvalue weighted by Crippen LogP contribution is -2.26. The van der Waals surface area contributed by atoms with E-state index in [1.807, 2.05) is 17.8 Å². The van der Waals surface area contributed by atoms with E-state index in [-0.39, 0.29) is 12.0 Å². The van der Waals surface area contributed by atoms with Gasteiger partial charge in [0.2, 0.25) is 0 Å². The van der Waals surface area contributed by atoms with E-state index in [1.54, 1.807) is 6.20 Å². The molecule has 102 valence electrons. The molecule has 1 saturated heterocycles. The molecule has 1 aromatic rings. The van der Waals surface area contributed by atoms with E-state index >= 15 is 0 Å². The first-order valence-electron chi connectivity index (χ1n) is 6.43. The first-order valence-corrected chi connectivity index (χ1v) is 8.25. The van der Waals surface area contributed by atoms with E-state index in [4.69, 9.17) is 0 Å². The van der Waals surface area contributed by atoms with Gasteiger partial charge < -0.3 is 9.88 Å². The highest BCUT2D eigenvalue weighted by Gasteiger charge is 2.30. The lowest BCUT2D eigenvalue weighted by atomic mass is 9.99. The van der Waals surface area contributed by atoms with Crippen molar-refractivity contribution in [1.82, 2.24) is 14.9 Å². The van der Waals surface area contributed by atoms with Crippen LogP contribution >= 0.6 is 0 Å². The Labute approximate surface area is 109 Å². The molecule has 2 unspecified atom stereocenters. The molecular weight excluding hydrogens is 250 g/mol. The standard InChI is InChI=1S/C12H21N3O2S/c1-3-13-11(12-14-5-6-15(12)2)8-10-4-7-18(16,17)9-10/h5-6,10-11,13H,3-4,7-9H2,1-2H3. The van der Waals surface area contributed by atoms with Gasteiger partial charge in [-0.1, -0.05) is 6.92 Å². The van der Waals surface area contributed by atoms with Crippen molar-refractivity contribution in [2.24, 2.45) is 13.0 Å². The molecule has 1 N–H and O–H groups in total. The van der Waals surface area contributed by atoms with Crippen molar-refractivity contribution in [2.75, 3.05) is 18.1 Å². The van der Waals surface area contributed by atoms with Crippen molar-refractivity contribution in [3.8, 4) is 0 Å². The minimum absolute atomic E-state index is 0.147. The van der Waals surface area contributed by atoms with Crippen molar-refractivity contribution in [2.45, 2.75) is 25.8 Å². The van der Waals surface area contributed by atoms with Crippen molar-refractivity contribution < 1.29 is 8.42 Å². The van der Waals surface area contributed by atoms with Crippen molar-refractivity contribution in [3.63, 3.8) is 0 Å². The number of nitrogens with one attached hydrogen (secondary N) is 1. The number of hydrogen-bond donors (Lipinski definition) is 1. The Bertz CT molecular complexity index is 495. The van der Waals surface area contributed by atoms with Gasteiger partial charge in [0.1, 0.15) is 5.82 Å². The zero-order valence-corrected chi connectivity index (χ0v) is 11.8. The predicted octanol–water partition coefficient (Wildman–Crippen LogP) is 0.895. The minimum atomic E-state index is -2.79. The Morgan fingerprint density at radius 1 is 1.61 bits per heavy atom. The molecule has 0 amide bonds. The Morgan fingerprint density at radius 3 is 2.89 bits per heavy atom. The lowest BCUT2D eigenvalue weighted by Gasteiger charge is -2.20. The van der Waals surface area contributed by atoms with Crippen LogP contribution < -0.4 is 5.32 Å². The minimum Gasteiger partial charge on any atom is -0.337 e. The molecule has 0 spiro atoms. The van der Waals surface area contributed by atoms with E-state index in [0.29, 0.717) is 11.5 Å². The van der Waals surface area contributed by atoms with Crippen LogP contribution in [0.15, 0.2) is 12.4 Å². The summed E-state index contributed by atoms with van der Waals surface area (Å²) < 4.78 is 25.0. The second kappa shape index (κ2) is 5.40. The van der Waals surface area contributed by atoms with Gasteiger partial charge in [-0.25, -0.2) is 13.4 Å². The van der Waals surface area contributed by atoms with Crippen LogP contribution in [0.4, 0.5) is 0 Å². The van der Waals surface area contributed by atoms with E-state index < -0.39 is 9.84 Å². The van der Waals surface area contributed by atoms with Gasteiger partial charge in [-0.15, -0.1) is 0 Å². The molecule has 5 nitrogen and oxygen atoms in total. The summed E-state index contributed by atoms with van der Waals surface area (Å²) in [5, 5.41) is 3.40. The largest absolute Gasteiger partial charge is 0.337 e. The van der Waals surface area contributed by atoms with Crippen molar-refractivity contribution >= 4 is 9.84 Å². The summed E-state index contributed by atoms with van der Waals surface area (Å²) in [6, 6.07) is 0.147. The van der Waals surface area contributed by atoms with E-state index in [1.165, 1.54) is 0 Å². The fraction of sp³-hybridized carbons (Fsp3) is 0.750. The van der Waals surface area contributed by atoms with Crippen LogP contribution in [0.1, 0.15) is 31.6 Å². The monoisotopic (exact) mass is 271 g/mol. The average Bonchev–Trinajstić information content (AvgIpc) is 2.84. The summed E-state index contributed by atoms with van der Waals surface area (Å²) in [5.74, 6) is 1.92. The summed E-state index contributed by atoms with van der Waals surface area (Å²) in [5.41, 5.74) is 0. The molecule has 0 radical (unpaired) electrons. The quantitative estimate of drug-likeness (QED) is 0.864. The van der Waals surface area contributed by atoms with Crippen LogP contribution in [-0.4, -0.2) is 36.0 Å². The molecule has 18 heavy (non-hydrogen) atoms. The second-order valence-corrected chi connectivity index (χ2v) is 7.24. The fourth-order valence-corrected chi connectivity index (χ4v) is 4.51. The summed E-state index contributed by atoms with van der Waals surface area (Å²) in [6.45, 7) is 2.92. The van der Waals surface area contributed by atoms with Crippen LogP contribution in [-0.2, 0) is 16.9 Å². The Kier molecular flexibility index (Phi) is 4.07. The third-order valence-electron chi connectivity index (χ3n) is 3.52. The van der Waals surface area contributed by atoms with Gasteiger partial charge in [-0.2, -0.15) is 0 Å². The molecule has 1 fully saturated rings. The second-order valence-electron chi connectivity index (χ2n) is 5.01. The molecule has 6 heteroatoms. The summed E-state index contributed by atoms with van der Waals surface area (Å²) >= 11 is 0. The van der Waals surface area contributed by atoms with E-state index in [2.05, 4.69) is 17.2 Å². The molecule has 2 heterocycles. The smallest absolute Gasteiger partial charge is 0.150 e. The van der Waals surface area contributed by atoms with Gasteiger partial charge in [-0.05, 0) is 25.3 Å². The number of aryl methyl sites for hydroxylation is 1. The van der Waals surface area contributed by atoms with Gasteiger partial charge in [0.15, 0.2) is 9.84 Å². The highest BCUT2D eigenvalue weighted by atomic mass is 32.2. The molecule has 0 aliphatic carbocycles. The maximum absolute atomic E-state index is 11.5. The number of nitrogens with zero attached hydrogens (tertiary/aromatic N) is 2. The first kappa shape index (κ1) is 13.5. The first-order chi connectivity index (χ1) is 8.52. The Morgan fingerprint density at radius 2 is 2.39 bits per heavy atom. The molecule has 0 aromatic carbocycles. The highest BCUT2D eigenvalue weighted by molar-refractivity contribution is 7.91. The normalized spacial score (nSPS) is 24.2. The third kappa shape index (κ3) is 3.11. The Balaban J connectivity index is 2.06. The fourth-order valence-electron chi connectivity index (χ4n) is 2.63. The maximum Gasteiger partial charge on any atom is 0.150 e. The topological polar surface area (TPSA) is 64.0 Å². The predicted molar refractivity (Wildman–Crippen MR) is 71.0 cm³/mol. The summed E-state index contributed by atoms with van der Waals surface area (Å²) in [7, 11) is -0.820. The third-order valence-corrected chi connectivity index (χ3v) is 5.35. The van der Waals surface area contributed by atoms with Gasteiger partial charge in [-0.3, -0.25) is 0 Å². The maximum atomic E-state index is 11.5. The molecule has 0 saturated carbocycles. The van der Waals surface area contributed by atoms with E-state index in [9.17, 15) is 8.42 Å². The zero-order valence-electron chi connectivity index (χ0n) is 11.0. The van der Waals surface area contributed by atoms with Crippen LogP contribution in [0.25, 0.3) is 0 Å². The average molecular weight is 271 g/mol. The molecular formula is C12H21N3O2S. The molecule has 2 atom stereocenters. The molecule has 1 aliphatic heterocycles. The Hall–Kier alpha value is -0.880. The van der Waals surface area contributed by atoms with Crippen LogP contribution in [0.3, 0.4) is 0 Å². The van der Waals surface area contributed by atoms with Crippen molar-refractivity contribution in [3.05, 3.63) is 18.2 Å². The molecule has 0 bridgehead atoms. The SMILES string of the molecule is CCNC(CC1CCS(=O)(=O)C1)c1nccn1C. The van der Waals surface area contributed by atoms with E-state index in [0.717, 1.165) is 25.2 Å². The van der Waals surface area contributed by atoms with Crippen molar-refractivity contribution in [1.29, 1.82) is 0 Å². The number of hydrogen-bond acceptors (Lipinski definition) is 4. The molecule has 1 aliphatic rings. The molecule has 2 rings (SSSR count). The number of aromatic nitrogens is 2. The number of sulfone groups is 1. The summed E-state index contributed by atoms with van der Waals surface area (Å²) in [4.78, 5) is 4.36. The highest BCUT2D eigenvalue weighted by Crippen LogP contribution is 2.28. The van der Waals surface area contributed by atoms with Gasteiger partial charge in [0, 0.05) is 19.4 Å².